The predicted molar refractivity (Wildman–Crippen MR) is 109 cm³/mol. The number of benzene rings is 1. The fourth-order valence-electron chi connectivity index (χ4n) is 3.40. The Bertz CT molecular complexity index is 1270. The summed E-state index contributed by atoms with van der Waals surface area (Å²) < 4.78 is 41.6. The first kappa shape index (κ1) is 20.1. The van der Waals surface area contributed by atoms with Gasteiger partial charge in [0, 0.05) is 17.6 Å². The lowest BCUT2D eigenvalue weighted by molar-refractivity contribution is -0.136. The third-order valence-electron chi connectivity index (χ3n) is 4.76. The van der Waals surface area contributed by atoms with Crippen molar-refractivity contribution in [2.24, 2.45) is 0 Å². The summed E-state index contributed by atoms with van der Waals surface area (Å²) in [4.78, 5) is 21.7. The van der Waals surface area contributed by atoms with Gasteiger partial charge in [-0.15, -0.1) is 11.3 Å². The molecule has 3 aromatic heterocycles. The largest absolute Gasteiger partial charge is 0.506 e. The maximum absolute atomic E-state index is 13.5. The number of hydrogen-bond acceptors (Lipinski definition) is 5. The van der Waals surface area contributed by atoms with Crippen LogP contribution in [0.4, 0.5) is 13.2 Å². The van der Waals surface area contributed by atoms with E-state index in [1.807, 2.05) is 30.3 Å². The number of nitrogens with zero attached hydrogens (tertiary/aromatic N) is 3. The molecule has 0 spiro atoms. The van der Waals surface area contributed by atoms with E-state index in [9.17, 15) is 23.1 Å². The van der Waals surface area contributed by atoms with Crippen LogP contribution in [0.1, 0.15) is 24.1 Å². The second-order valence-electron chi connectivity index (χ2n) is 6.85. The Balaban J connectivity index is 1.99. The van der Waals surface area contributed by atoms with Gasteiger partial charge < -0.3 is 5.11 Å². The Labute approximate surface area is 173 Å². The maximum Gasteiger partial charge on any atom is 0.418 e. The molecule has 0 unspecified atom stereocenters. The Hall–Kier alpha value is -3.20. The quantitative estimate of drug-likeness (QED) is 0.491. The number of thiophene rings is 1. The van der Waals surface area contributed by atoms with E-state index in [2.05, 4.69) is 9.97 Å². The van der Waals surface area contributed by atoms with E-state index in [0.717, 1.165) is 22.3 Å². The predicted octanol–water partition coefficient (Wildman–Crippen LogP) is 5.05. The zero-order valence-electron chi connectivity index (χ0n) is 15.7. The molecule has 1 N–H and O–H groups in total. The minimum absolute atomic E-state index is 0.0320. The summed E-state index contributed by atoms with van der Waals surface area (Å²) in [7, 11) is 0. The second-order valence-corrected chi connectivity index (χ2v) is 7.71. The first-order valence-corrected chi connectivity index (χ1v) is 9.94. The number of alkyl halides is 3. The van der Waals surface area contributed by atoms with Gasteiger partial charge in [0.25, 0.3) is 5.56 Å². The Kier molecular flexibility index (Phi) is 5.07. The van der Waals surface area contributed by atoms with Gasteiger partial charge in [-0.1, -0.05) is 30.3 Å². The number of aromatic hydroxyl groups is 1. The van der Waals surface area contributed by atoms with Crippen LogP contribution in [0.2, 0.25) is 0 Å². The van der Waals surface area contributed by atoms with Crippen molar-refractivity contribution >= 4 is 21.6 Å². The van der Waals surface area contributed by atoms with Crippen LogP contribution in [0.5, 0.6) is 5.75 Å². The highest BCUT2D eigenvalue weighted by Gasteiger charge is 2.36. The standard InChI is InChI=1S/C21H16F3N3O2S/c1-12(10-13-6-3-2-4-7-13)27-18(17-15(28)8-5-9-25-17)26-19-16(20(27)29)14(11-30-19)21(22,23)24/h2-9,11-12,28H,10H2,1H3/t12-/m1/s1. The van der Waals surface area contributed by atoms with Crippen molar-refractivity contribution in [2.75, 3.05) is 0 Å². The summed E-state index contributed by atoms with van der Waals surface area (Å²) in [5, 5.41) is 10.7. The van der Waals surface area contributed by atoms with Crippen molar-refractivity contribution in [3.63, 3.8) is 0 Å². The molecule has 1 aromatic carbocycles. The van der Waals surface area contributed by atoms with Crippen molar-refractivity contribution in [3.8, 4) is 17.3 Å². The molecule has 0 aliphatic carbocycles. The lowest BCUT2D eigenvalue weighted by Gasteiger charge is -2.20. The first-order chi connectivity index (χ1) is 14.3. The van der Waals surface area contributed by atoms with Gasteiger partial charge in [0.05, 0.1) is 10.9 Å². The van der Waals surface area contributed by atoms with Crippen molar-refractivity contribution in [2.45, 2.75) is 25.6 Å². The van der Waals surface area contributed by atoms with Gasteiger partial charge >= 0.3 is 6.18 Å². The summed E-state index contributed by atoms with van der Waals surface area (Å²) in [6.45, 7) is 1.73. The number of fused-ring (bicyclic) bond motifs is 1. The van der Waals surface area contributed by atoms with Gasteiger partial charge in [0.2, 0.25) is 0 Å². The van der Waals surface area contributed by atoms with Crippen molar-refractivity contribution in [1.82, 2.24) is 14.5 Å². The van der Waals surface area contributed by atoms with Crippen molar-refractivity contribution in [3.05, 3.63) is 75.5 Å². The Morgan fingerprint density at radius 3 is 2.57 bits per heavy atom. The highest BCUT2D eigenvalue weighted by molar-refractivity contribution is 7.16. The minimum atomic E-state index is -4.67. The molecule has 30 heavy (non-hydrogen) atoms. The van der Waals surface area contributed by atoms with Crippen LogP contribution in [0.15, 0.2) is 58.8 Å². The van der Waals surface area contributed by atoms with E-state index < -0.39 is 28.7 Å². The number of rotatable bonds is 4. The second kappa shape index (κ2) is 7.56. The summed E-state index contributed by atoms with van der Waals surface area (Å²) in [6, 6.07) is 11.7. The minimum Gasteiger partial charge on any atom is -0.506 e. The lowest BCUT2D eigenvalue weighted by atomic mass is 10.1. The van der Waals surface area contributed by atoms with Crippen LogP contribution >= 0.6 is 11.3 Å². The Morgan fingerprint density at radius 2 is 1.90 bits per heavy atom. The van der Waals surface area contributed by atoms with E-state index in [0.29, 0.717) is 6.42 Å². The molecule has 4 rings (SSSR count). The van der Waals surface area contributed by atoms with E-state index in [1.165, 1.54) is 22.9 Å². The first-order valence-electron chi connectivity index (χ1n) is 9.06. The molecule has 0 bridgehead atoms. The molecule has 0 amide bonds. The van der Waals surface area contributed by atoms with Crippen LogP contribution in [-0.2, 0) is 12.6 Å². The van der Waals surface area contributed by atoms with E-state index >= 15 is 0 Å². The zero-order chi connectivity index (χ0) is 21.5. The lowest BCUT2D eigenvalue weighted by Crippen LogP contribution is -2.28. The molecule has 0 saturated carbocycles. The topological polar surface area (TPSA) is 68.0 Å². The van der Waals surface area contributed by atoms with Gasteiger partial charge in [-0.3, -0.25) is 9.36 Å². The normalized spacial score (nSPS) is 12.9. The molecular weight excluding hydrogens is 415 g/mol. The summed E-state index contributed by atoms with van der Waals surface area (Å²) in [5.41, 5.74) is -0.859. The molecular formula is C21H16F3N3O2S. The SMILES string of the molecule is C[C@H](Cc1ccccc1)n1c(-c2ncccc2O)nc2scc(C(F)(F)F)c2c1=O. The summed E-state index contributed by atoms with van der Waals surface area (Å²) in [5.74, 6) is -0.179. The molecule has 1 atom stereocenters. The van der Waals surface area contributed by atoms with Crippen LogP contribution in [-0.4, -0.2) is 19.6 Å². The highest BCUT2D eigenvalue weighted by atomic mass is 32.1. The molecule has 0 saturated heterocycles. The molecule has 0 fully saturated rings. The molecule has 0 aliphatic rings. The zero-order valence-corrected chi connectivity index (χ0v) is 16.5. The Morgan fingerprint density at radius 1 is 1.17 bits per heavy atom. The third-order valence-corrected chi connectivity index (χ3v) is 5.63. The molecule has 4 aromatic rings. The van der Waals surface area contributed by atoms with Crippen LogP contribution in [0, 0.1) is 0 Å². The summed E-state index contributed by atoms with van der Waals surface area (Å²) in [6.07, 6.45) is -2.86. The van der Waals surface area contributed by atoms with Crippen molar-refractivity contribution < 1.29 is 18.3 Å². The van der Waals surface area contributed by atoms with E-state index in [-0.39, 0.29) is 22.1 Å². The van der Waals surface area contributed by atoms with Gasteiger partial charge in [-0.2, -0.15) is 13.2 Å². The van der Waals surface area contributed by atoms with Gasteiger partial charge in [0.1, 0.15) is 16.3 Å². The molecule has 0 aliphatic heterocycles. The van der Waals surface area contributed by atoms with Crippen LogP contribution < -0.4 is 5.56 Å². The van der Waals surface area contributed by atoms with Crippen LogP contribution in [0.3, 0.4) is 0 Å². The van der Waals surface area contributed by atoms with E-state index in [4.69, 9.17) is 0 Å². The number of hydrogen-bond donors (Lipinski definition) is 1. The monoisotopic (exact) mass is 431 g/mol. The van der Waals surface area contributed by atoms with E-state index in [1.54, 1.807) is 6.92 Å². The summed E-state index contributed by atoms with van der Waals surface area (Å²) >= 11 is 0.740. The third kappa shape index (κ3) is 3.56. The highest BCUT2D eigenvalue weighted by Crippen LogP contribution is 2.38. The fraction of sp³-hybridized carbons (Fsp3) is 0.190. The molecule has 5 nitrogen and oxygen atoms in total. The maximum atomic E-state index is 13.5. The number of aromatic nitrogens is 3. The number of pyridine rings is 1. The van der Waals surface area contributed by atoms with Gasteiger partial charge in [0.15, 0.2) is 5.82 Å². The fourth-order valence-corrected chi connectivity index (χ4v) is 4.34. The van der Waals surface area contributed by atoms with Gasteiger partial charge in [-0.25, -0.2) is 9.97 Å². The van der Waals surface area contributed by atoms with Gasteiger partial charge in [-0.05, 0) is 31.0 Å². The van der Waals surface area contributed by atoms with Crippen molar-refractivity contribution in [1.29, 1.82) is 0 Å². The molecule has 0 radical (unpaired) electrons. The van der Waals surface area contributed by atoms with Crippen LogP contribution in [0.25, 0.3) is 21.7 Å². The average Bonchev–Trinajstić information content (AvgIpc) is 3.14. The molecule has 3 heterocycles. The average molecular weight is 431 g/mol. The molecule has 9 heteroatoms. The smallest absolute Gasteiger partial charge is 0.418 e. The molecule has 154 valence electrons. The number of halogens is 3.